The zero-order chi connectivity index (χ0) is 17.5. The summed E-state index contributed by atoms with van der Waals surface area (Å²) in [5.74, 6) is 0.226. The van der Waals surface area contributed by atoms with Crippen LogP contribution >= 0.6 is 11.5 Å². The molecule has 5 rings (SSSR count). The average molecular weight is 355 g/mol. The number of benzene rings is 3. The average Bonchev–Trinajstić information content (AvgIpc) is 3.05. The van der Waals surface area contributed by atoms with Crippen molar-refractivity contribution in [1.82, 2.24) is 4.98 Å². The highest BCUT2D eigenvalue weighted by molar-refractivity contribution is 7.06. The van der Waals surface area contributed by atoms with E-state index in [1.165, 1.54) is 11.5 Å². The van der Waals surface area contributed by atoms with Gasteiger partial charge in [0.2, 0.25) is 5.75 Å². The van der Waals surface area contributed by atoms with E-state index in [4.69, 9.17) is 4.98 Å². The van der Waals surface area contributed by atoms with Gasteiger partial charge in [-0.1, -0.05) is 72.8 Å². The quantitative estimate of drug-likeness (QED) is 0.449. The van der Waals surface area contributed by atoms with E-state index in [9.17, 15) is 5.11 Å². The number of nitrogens with zero attached hydrogens (tertiary/aromatic N) is 2. The largest absolute Gasteiger partial charge is 0.500 e. The van der Waals surface area contributed by atoms with Gasteiger partial charge < -0.3 is 5.11 Å². The van der Waals surface area contributed by atoms with Crippen LogP contribution in [0, 0.1) is 0 Å². The van der Waals surface area contributed by atoms with Crippen LogP contribution < -0.4 is 3.79 Å². The Kier molecular flexibility index (Phi) is 3.43. The van der Waals surface area contributed by atoms with Crippen molar-refractivity contribution in [3.8, 4) is 27.4 Å². The van der Waals surface area contributed by atoms with E-state index in [0.717, 1.165) is 32.6 Å². The third-order valence-corrected chi connectivity index (χ3v) is 5.64. The Labute approximate surface area is 154 Å². The van der Waals surface area contributed by atoms with Gasteiger partial charge in [-0.05, 0) is 22.7 Å². The van der Waals surface area contributed by atoms with Gasteiger partial charge in [0.25, 0.3) is 0 Å². The van der Waals surface area contributed by atoms with Crippen molar-refractivity contribution < 1.29 is 8.90 Å². The normalized spacial score (nSPS) is 11.2. The van der Waals surface area contributed by atoms with Crippen molar-refractivity contribution >= 4 is 28.1 Å². The molecule has 0 radical (unpaired) electrons. The Morgan fingerprint density at radius 1 is 0.731 bits per heavy atom. The van der Waals surface area contributed by atoms with E-state index in [0.29, 0.717) is 5.65 Å². The molecule has 2 aromatic heterocycles. The van der Waals surface area contributed by atoms with Gasteiger partial charge >= 0.3 is 5.65 Å². The molecule has 0 unspecified atom stereocenters. The summed E-state index contributed by atoms with van der Waals surface area (Å²) in [6.45, 7) is 0. The van der Waals surface area contributed by atoms with Crippen molar-refractivity contribution in [2.24, 2.45) is 0 Å². The van der Waals surface area contributed by atoms with Gasteiger partial charge in [-0.2, -0.15) is 0 Å². The van der Waals surface area contributed by atoms with E-state index in [2.05, 4.69) is 12.1 Å². The zero-order valence-electron chi connectivity index (χ0n) is 13.8. The second-order valence-electron chi connectivity index (χ2n) is 6.10. The van der Waals surface area contributed by atoms with Crippen LogP contribution in [0.15, 0.2) is 84.9 Å². The van der Waals surface area contributed by atoms with Crippen LogP contribution in [0.4, 0.5) is 0 Å². The molecule has 2 heterocycles. The summed E-state index contributed by atoms with van der Waals surface area (Å²) in [6, 6.07) is 28.2. The maximum atomic E-state index is 10.9. The summed E-state index contributed by atoms with van der Waals surface area (Å²) in [5, 5.41) is 12.0. The van der Waals surface area contributed by atoms with E-state index >= 15 is 0 Å². The number of rotatable bonds is 2. The Bertz CT molecular complexity index is 1230. The van der Waals surface area contributed by atoms with Crippen molar-refractivity contribution in [3.05, 3.63) is 84.9 Å². The highest BCUT2D eigenvalue weighted by Gasteiger charge is 2.26. The fraction of sp³-hybridized carbons (Fsp3) is 0. The first kappa shape index (κ1) is 15.0. The van der Waals surface area contributed by atoms with Crippen LogP contribution in [-0.2, 0) is 0 Å². The second-order valence-corrected chi connectivity index (χ2v) is 7.05. The molecule has 0 aliphatic heterocycles. The van der Waals surface area contributed by atoms with E-state index in [1.807, 2.05) is 76.6 Å². The lowest BCUT2D eigenvalue weighted by atomic mass is 10.1. The first-order valence-electron chi connectivity index (χ1n) is 8.40. The van der Waals surface area contributed by atoms with E-state index in [-0.39, 0.29) is 5.75 Å². The molecule has 0 fully saturated rings. The number of aromatic hydroxyl groups is 1. The van der Waals surface area contributed by atoms with Crippen LogP contribution in [0.2, 0.25) is 0 Å². The Balaban J connectivity index is 1.89. The Morgan fingerprint density at radius 2 is 1.35 bits per heavy atom. The summed E-state index contributed by atoms with van der Waals surface area (Å²) in [5.41, 5.74) is 4.54. The molecular weight excluding hydrogens is 340 g/mol. The predicted molar refractivity (Wildman–Crippen MR) is 105 cm³/mol. The molecule has 0 aliphatic rings. The minimum absolute atomic E-state index is 0.226. The van der Waals surface area contributed by atoms with Crippen molar-refractivity contribution in [1.29, 1.82) is 0 Å². The fourth-order valence-corrected chi connectivity index (χ4v) is 4.32. The minimum atomic E-state index is 0.226. The molecule has 4 heteroatoms. The molecule has 5 aromatic rings. The van der Waals surface area contributed by atoms with Gasteiger partial charge in [-0.25, -0.2) is 0 Å². The van der Waals surface area contributed by atoms with Crippen LogP contribution in [0.3, 0.4) is 0 Å². The van der Waals surface area contributed by atoms with Gasteiger partial charge in [-0.15, -0.1) is 3.79 Å². The molecule has 124 valence electrons. The number of hydrogen-bond acceptors (Lipinski definition) is 3. The van der Waals surface area contributed by atoms with Gasteiger partial charge in [0.1, 0.15) is 4.88 Å². The smallest absolute Gasteiger partial charge is 0.384 e. The molecular formula is C22H15N2OS+. The molecule has 1 N–H and O–H groups in total. The third-order valence-electron chi connectivity index (χ3n) is 4.48. The highest BCUT2D eigenvalue weighted by atomic mass is 32.1. The van der Waals surface area contributed by atoms with Crippen molar-refractivity contribution in [2.45, 2.75) is 0 Å². The summed E-state index contributed by atoms with van der Waals surface area (Å²) < 4.78 is 2.01. The Morgan fingerprint density at radius 3 is 2.08 bits per heavy atom. The van der Waals surface area contributed by atoms with Crippen LogP contribution in [0.1, 0.15) is 0 Å². The highest BCUT2D eigenvalue weighted by Crippen LogP contribution is 2.37. The van der Waals surface area contributed by atoms with Gasteiger partial charge in [0.15, 0.2) is 11.2 Å². The van der Waals surface area contributed by atoms with Gasteiger partial charge in [0.05, 0.1) is 16.9 Å². The lowest BCUT2D eigenvalue weighted by molar-refractivity contribution is -0.402. The number of fused-ring (bicyclic) bond motifs is 3. The molecule has 0 spiro atoms. The van der Waals surface area contributed by atoms with Gasteiger partial charge in [0, 0.05) is 5.56 Å². The molecule has 3 nitrogen and oxygen atoms in total. The number of para-hydroxylation sites is 1. The topological polar surface area (TPSA) is 37.2 Å². The molecule has 0 aliphatic carbocycles. The molecule has 0 amide bonds. The predicted octanol–water partition coefficient (Wildman–Crippen LogP) is 5.07. The number of hydrogen-bond donors (Lipinski definition) is 1. The van der Waals surface area contributed by atoms with Crippen molar-refractivity contribution in [2.75, 3.05) is 0 Å². The fourth-order valence-electron chi connectivity index (χ4n) is 3.25. The van der Waals surface area contributed by atoms with Crippen LogP contribution in [0.5, 0.6) is 5.75 Å². The van der Waals surface area contributed by atoms with Crippen LogP contribution in [-0.4, -0.2) is 10.1 Å². The number of aromatic nitrogens is 2. The first-order valence-corrected chi connectivity index (χ1v) is 9.18. The summed E-state index contributed by atoms with van der Waals surface area (Å²) in [4.78, 5) is 5.67. The van der Waals surface area contributed by atoms with E-state index < -0.39 is 0 Å². The SMILES string of the molecule is Oc1c(-c2ccccc2)s[n+]2c1nc(-c1ccccc1)c1ccccc12. The van der Waals surface area contributed by atoms with Gasteiger partial charge in [-0.3, -0.25) is 0 Å². The molecule has 26 heavy (non-hydrogen) atoms. The first-order chi connectivity index (χ1) is 12.8. The third kappa shape index (κ3) is 2.27. The summed E-state index contributed by atoms with van der Waals surface area (Å²) in [6.07, 6.45) is 0. The monoisotopic (exact) mass is 355 g/mol. The van der Waals surface area contributed by atoms with Crippen LogP contribution in [0.25, 0.3) is 38.2 Å². The molecule has 0 bridgehead atoms. The second kappa shape index (κ2) is 5.93. The Hall–Kier alpha value is -3.24. The molecule has 0 saturated carbocycles. The maximum absolute atomic E-state index is 10.9. The molecule has 0 saturated heterocycles. The summed E-state index contributed by atoms with van der Waals surface area (Å²) >= 11 is 1.51. The minimum Gasteiger partial charge on any atom is -0.500 e. The standard InChI is InChI=1S/C22H14N2OS/c25-20-21(16-11-5-2-6-12-16)26-24-18-14-8-7-13-17(18)19(23-22(20)24)15-9-3-1-4-10-15/h1-14H/p+1. The lowest BCUT2D eigenvalue weighted by Crippen LogP contribution is -2.18. The molecule has 0 atom stereocenters. The van der Waals surface area contributed by atoms with Crippen molar-refractivity contribution in [3.63, 3.8) is 0 Å². The van der Waals surface area contributed by atoms with E-state index in [1.54, 1.807) is 0 Å². The lowest BCUT2D eigenvalue weighted by Gasteiger charge is -2.00. The zero-order valence-corrected chi connectivity index (χ0v) is 14.6. The summed E-state index contributed by atoms with van der Waals surface area (Å²) in [7, 11) is 0. The molecule has 3 aromatic carbocycles. The maximum Gasteiger partial charge on any atom is 0.384 e.